The Labute approximate surface area is 261 Å². The maximum Gasteiger partial charge on any atom is 0.490 e. The molecule has 0 aliphatic carbocycles. The number of aromatic nitrogens is 1. The number of carbonyl (C=O) groups is 4. The number of carbonyl (C=O) groups excluding carboxylic acids is 3. The molecule has 2 aliphatic rings. The Morgan fingerprint density at radius 3 is 2.07 bits per heavy atom. The fourth-order valence-electron chi connectivity index (χ4n) is 5.21. The Bertz CT molecular complexity index is 1340. The number of carboxylic acids is 1. The van der Waals surface area contributed by atoms with Gasteiger partial charge in [-0.15, -0.1) is 0 Å². The molecule has 2 unspecified atom stereocenters. The molecule has 0 spiro atoms. The van der Waals surface area contributed by atoms with E-state index in [9.17, 15) is 27.6 Å². The average molecular weight is 666 g/mol. The molecule has 2 aliphatic heterocycles. The van der Waals surface area contributed by atoms with E-state index >= 15 is 0 Å². The summed E-state index contributed by atoms with van der Waals surface area (Å²) in [4.78, 5) is 56.9. The number of likely N-dealkylation sites (N-methyl/N-ethyl adjacent to an activating group) is 1. The van der Waals surface area contributed by atoms with Gasteiger partial charge in [0.25, 0.3) is 5.91 Å². The zero-order valence-corrected chi connectivity index (χ0v) is 25.6. The van der Waals surface area contributed by atoms with Gasteiger partial charge < -0.3 is 19.8 Å². The van der Waals surface area contributed by atoms with Crippen molar-refractivity contribution in [2.75, 3.05) is 33.2 Å². The largest absolute Gasteiger partial charge is 0.490 e. The second-order valence-electron chi connectivity index (χ2n) is 10.3. The molecule has 3 amide bonds. The van der Waals surface area contributed by atoms with Crippen LogP contribution >= 0.6 is 34.8 Å². The van der Waals surface area contributed by atoms with Crippen LogP contribution in [0.2, 0.25) is 15.1 Å². The Balaban J connectivity index is 0.000000646. The average Bonchev–Trinajstić information content (AvgIpc) is 2.97. The zero-order chi connectivity index (χ0) is 32.1. The number of piperidine rings is 2. The van der Waals surface area contributed by atoms with E-state index in [4.69, 9.17) is 44.7 Å². The van der Waals surface area contributed by atoms with Gasteiger partial charge >= 0.3 is 12.1 Å². The van der Waals surface area contributed by atoms with Gasteiger partial charge in [-0.1, -0.05) is 40.9 Å². The second-order valence-corrected chi connectivity index (χ2v) is 11.5. The summed E-state index contributed by atoms with van der Waals surface area (Å²) in [5, 5.41) is 8.47. The molecule has 15 heteroatoms. The number of rotatable bonds is 4. The summed E-state index contributed by atoms with van der Waals surface area (Å²) >= 11 is 18.5. The van der Waals surface area contributed by atoms with Gasteiger partial charge in [-0.25, -0.2) is 9.78 Å². The number of hydrogen-bond acceptors (Lipinski definition) is 5. The van der Waals surface area contributed by atoms with E-state index in [2.05, 4.69) is 4.98 Å². The Hall–Kier alpha value is -3.09. The highest BCUT2D eigenvalue weighted by molar-refractivity contribution is 6.42. The number of benzene rings is 1. The van der Waals surface area contributed by atoms with Crippen molar-refractivity contribution >= 4 is 58.5 Å². The lowest BCUT2D eigenvalue weighted by Crippen LogP contribution is -2.53. The van der Waals surface area contributed by atoms with Gasteiger partial charge in [-0.3, -0.25) is 14.4 Å². The fourth-order valence-corrected chi connectivity index (χ4v) is 5.63. The molecule has 1 aromatic heterocycles. The van der Waals surface area contributed by atoms with Crippen LogP contribution in [-0.2, 0) is 14.4 Å². The molecule has 2 fully saturated rings. The molecular formula is C28H30Cl3F3N4O5. The molecule has 0 radical (unpaired) electrons. The molecule has 2 aromatic rings. The molecule has 0 saturated carbocycles. The van der Waals surface area contributed by atoms with Crippen molar-refractivity contribution in [1.82, 2.24) is 19.7 Å². The lowest BCUT2D eigenvalue weighted by Gasteiger charge is -2.44. The van der Waals surface area contributed by atoms with Crippen LogP contribution in [0, 0.1) is 5.92 Å². The van der Waals surface area contributed by atoms with E-state index in [-0.39, 0.29) is 35.6 Å². The van der Waals surface area contributed by atoms with Crippen LogP contribution < -0.4 is 0 Å². The molecule has 1 aromatic carbocycles. The third-order valence-corrected chi connectivity index (χ3v) is 8.52. The van der Waals surface area contributed by atoms with Crippen LogP contribution in [0.4, 0.5) is 13.2 Å². The van der Waals surface area contributed by atoms with E-state index < -0.39 is 12.1 Å². The predicted molar refractivity (Wildman–Crippen MR) is 154 cm³/mol. The lowest BCUT2D eigenvalue weighted by atomic mass is 9.84. The summed E-state index contributed by atoms with van der Waals surface area (Å²) in [6.45, 7) is 3.76. The first-order valence-corrected chi connectivity index (χ1v) is 14.4. The van der Waals surface area contributed by atoms with Crippen LogP contribution in [0.5, 0.6) is 0 Å². The number of likely N-dealkylation sites (tertiary alicyclic amines) is 2. The highest BCUT2D eigenvalue weighted by Crippen LogP contribution is 2.35. The van der Waals surface area contributed by atoms with E-state index in [0.717, 1.165) is 5.56 Å². The molecule has 43 heavy (non-hydrogen) atoms. The van der Waals surface area contributed by atoms with Gasteiger partial charge in [0, 0.05) is 64.2 Å². The van der Waals surface area contributed by atoms with Crippen molar-refractivity contribution in [2.24, 2.45) is 5.92 Å². The Kier molecular flexibility index (Phi) is 11.7. The summed E-state index contributed by atoms with van der Waals surface area (Å²) in [5.41, 5.74) is 1.23. The van der Waals surface area contributed by atoms with Crippen molar-refractivity contribution in [3.05, 3.63) is 62.9 Å². The van der Waals surface area contributed by atoms with Gasteiger partial charge in [0.2, 0.25) is 11.8 Å². The van der Waals surface area contributed by atoms with Crippen LogP contribution in [0.25, 0.3) is 0 Å². The Morgan fingerprint density at radius 2 is 1.56 bits per heavy atom. The quantitative estimate of drug-likeness (QED) is 0.469. The minimum atomic E-state index is -5.08. The molecule has 234 valence electrons. The summed E-state index contributed by atoms with van der Waals surface area (Å²) in [7, 11) is 1.77. The summed E-state index contributed by atoms with van der Waals surface area (Å²) in [6, 6.07) is 8.56. The highest BCUT2D eigenvalue weighted by Gasteiger charge is 2.40. The van der Waals surface area contributed by atoms with Crippen molar-refractivity contribution in [3.63, 3.8) is 0 Å². The Morgan fingerprint density at radius 1 is 0.953 bits per heavy atom. The SMILES string of the molecule is CC(=O)N1CCC(C(=O)N2CCC(N(C)C(=O)c3ccc(Cl)cn3)C(c3ccc(Cl)c(Cl)c3)C2)CC1.O=C(O)C(F)(F)F. The topological polar surface area (TPSA) is 111 Å². The zero-order valence-electron chi connectivity index (χ0n) is 23.3. The number of aliphatic carboxylic acids is 1. The fraction of sp³-hybridized carbons (Fsp3) is 0.464. The molecular weight excluding hydrogens is 636 g/mol. The monoisotopic (exact) mass is 664 g/mol. The van der Waals surface area contributed by atoms with Gasteiger partial charge in [0.05, 0.1) is 15.1 Å². The van der Waals surface area contributed by atoms with Gasteiger partial charge in [0.1, 0.15) is 5.69 Å². The number of carboxylic acid groups (broad SMARTS) is 1. The molecule has 2 atom stereocenters. The van der Waals surface area contributed by atoms with E-state index in [1.165, 1.54) is 6.20 Å². The maximum atomic E-state index is 13.5. The lowest BCUT2D eigenvalue weighted by molar-refractivity contribution is -0.192. The molecule has 1 N–H and O–H groups in total. The first kappa shape index (κ1) is 34.4. The van der Waals surface area contributed by atoms with Crippen molar-refractivity contribution in [2.45, 2.75) is 44.3 Å². The molecule has 9 nitrogen and oxygen atoms in total. The molecule has 4 rings (SSSR count). The maximum absolute atomic E-state index is 13.5. The molecule has 3 heterocycles. The first-order chi connectivity index (χ1) is 20.1. The van der Waals surface area contributed by atoms with Crippen molar-refractivity contribution in [3.8, 4) is 0 Å². The van der Waals surface area contributed by atoms with E-state index in [0.29, 0.717) is 66.2 Å². The number of alkyl halides is 3. The normalized spacial score (nSPS) is 19.3. The molecule has 0 bridgehead atoms. The van der Waals surface area contributed by atoms with Crippen LogP contribution in [-0.4, -0.2) is 93.9 Å². The van der Waals surface area contributed by atoms with Crippen molar-refractivity contribution in [1.29, 1.82) is 0 Å². The minimum Gasteiger partial charge on any atom is -0.475 e. The summed E-state index contributed by atoms with van der Waals surface area (Å²) < 4.78 is 31.7. The molecule has 2 saturated heterocycles. The highest BCUT2D eigenvalue weighted by atomic mass is 35.5. The number of hydrogen-bond donors (Lipinski definition) is 1. The number of halogens is 6. The van der Waals surface area contributed by atoms with Gasteiger partial charge in [0.15, 0.2) is 0 Å². The van der Waals surface area contributed by atoms with Crippen LogP contribution in [0.15, 0.2) is 36.5 Å². The second kappa shape index (κ2) is 14.6. The smallest absolute Gasteiger partial charge is 0.475 e. The third kappa shape index (κ3) is 8.96. The number of amides is 3. The van der Waals surface area contributed by atoms with Crippen LogP contribution in [0.1, 0.15) is 48.2 Å². The third-order valence-electron chi connectivity index (χ3n) is 7.56. The predicted octanol–water partition coefficient (Wildman–Crippen LogP) is 5.39. The van der Waals surface area contributed by atoms with Crippen LogP contribution in [0.3, 0.4) is 0 Å². The van der Waals surface area contributed by atoms with E-state index in [1.54, 1.807) is 42.0 Å². The summed E-state index contributed by atoms with van der Waals surface area (Å²) in [6.07, 6.45) is -1.69. The van der Waals surface area contributed by atoms with E-state index in [1.807, 2.05) is 17.0 Å². The van der Waals surface area contributed by atoms with Gasteiger partial charge in [-0.05, 0) is 49.1 Å². The van der Waals surface area contributed by atoms with Crippen molar-refractivity contribution < 1.29 is 37.5 Å². The number of nitrogens with zero attached hydrogens (tertiary/aromatic N) is 4. The minimum absolute atomic E-state index is 0.0456. The number of pyridine rings is 1. The first-order valence-electron chi connectivity index (χ1n) is 13.3. The summed E-state index contributed by atoms with van der Waals surface area (Å²) in [5.74, 6) is -3.08. The van der Waals surface area contributed by atoms with Gasteiger partial charge in [-0.2, -0.15) is 13.2 Å². The standard InChI is InChI=1S/C26H29Cl3N4O3.C2HF3O2/c1-16(34)32-10-7-17(8-11-32)25(35)33-12-9-24(20(15-33)18-3-5-21(28)22(29)13-18)31(2)26(36)23-6-4-19(27)14-30-23;3-2(4,5)1(6)7/h3-6,13-14,17,20,24H,7-12,15H2,1-2H3;(H,6,7).